The second-order valence-electron chi connectivity index (χ2n) is 7.46. The largest absolute Gasteiger partial charge is 0.338 e. The van der Waals surface area contributed by atoms with Gasteiger partial charge in [-0.15, -0.1) is 11.3 Å². The summed E-state index contributed by atoms with van der Waals surface area (Å²) in [5, 5.41) is 9.18. The molecule has 1 saturated heterocycles. The van der Waals surface area contributed by atoms with Crippen molar-refractivity contribution in [2.24, 2.45) is 0 Å². The molecule has 0 aliphatic carbocycles. The highest BCUT2D eigenvalue weighted by atomic mass is 32.1. The van der Waals surface area contributed by atoms with Gasteiger partial charge in [0.1, 0.15) is 12.7 Å². The van der Waals surface area contributed by atoms with Crippen molar-refractivity contribution < 1.29 is 9.59 Å². The van der Waals surface area contributed by atoms with E-state index in [1.807, 2.05) is 27.8 Å². The molecule has 0 saturated carbocycles. The number of likely N-dealkylation sites (tertiary alicyclic amines) is 1. The molecule has 1 aliphatic rings. The minimum atomic E-state index is -0.0233. The summed E-state index contributed by atoms with van der Waals surface area (Å²) in [6.07, 6.45) is 7.17. The summed E-state index contributed by atoms with van der Waals surface area (Å²) >= 11 is 1.71. The van der Waals surface area contributed by atoms with Crippen molar-refractivity contribution in [1.29, 1.82) is 0 Å². The van der Waals surface area contributed by atoms with Gasteiger partial charge in [-0.3, -0.25) is 9.59 Å². The standard InChI is InChI=1S/C22H25N5O2S/c28-21(8-2-6-20-7-3-13-30-20)25-18-5-1-4-17(14-18)22(29)26-11-9-19(10-12-26)27-16-23-15-24-27/h1,3-5,7,13-16,19H,2,6,8-12H2,(H,25,28). The molecular weight excluding hydrogens is 398 g/mol. The van der Waals surface area contributed by atoms with E-state index >= 15 is 0 Å². The number of nitrogens with one attached hydrogen (secondary N) is 1. The lowest BCUT2D eigenvalue weighted by Gasteiger charge is -2.32. The van der Waals surface area contributed by atoms with Crippen LogP contribution in [0.25, 0.3) is 0 Å². The number of anilines is 1. The lowest BCUT2D eigenvalue weighted by molar-refractivity contribution is -0.116. The van der Waals surface area contributed by atoms with Crippen molar-refractivity contribution in [3.8, 4) is 0 Å². The van der Waals surface area contributed by atoms with Gasteiger partial charge in [0.2, 0.25) is 5.91 Å². The second kappa shape index (κ2) is 9.67. The molecule has 3 heterocycles. The first kappa shape index (κ1) is 20.3. The first-order valence-electron chi connectivity index (χ1n) is 10.2. The van der Waals surface area contributed by atoms with Crippen molar-refractivity contribution in [3.63, 3.8) is 0 Å². The van der Waals surface area contributed by atoms with Crippen molar-refractivity contribution in [1.82, 2.24) is 19.7 Å². The van der Waals surface area contributed by atoms with Gasteiger partial charge in [0.25, 0.3) is 5.91 Å². The Bertz CT molecular complexity index is 963. The number of rotatable bonds is 7. The molecule has 156 valence electrons. The molecule has 0 atom stereocenters. The number of carbonyl (C=O) groups excluding carboxylic acids is 2. The molecule has 2 amide bonds. The minimum Gasteiger partial charge on any atom is -0.338 e. The maximum atomic E-state index is 12.9. The summed E-state index contributed by atoms with van der Waals surface area (Å²) in [5.41, 5.74) is 1.27. The van der Waals surface area contributed by atoms with Gasteiger partial charge in [0.05, 0.1) is 6.04 Å². The fourth-order valence-electron chi connectivity index (χ4n) is 3.75. The Hall–Kier alpha value is -3.00. The van der Waals surface area contributed by atoms with Crippen LogP contribution in [0.15, 0.2) is 54.4 Å². The van der Waals surface area contributed by atoms with Crippen LogP contribution >= 0.6 is 11.3 Å². The lowest BCUT2D eigenvalue weighted by atomic mass is 10.0. The molecular formula is C22H25N5O2S. The van der Waals surface area contributed by atoms with Crippen molar-refractivity contribution in [2.45, 2.75) is 38.1 Å². The van der Waals surface area contributed by atoms with Gasteiger partial charge >= 0.3 is 0 Å². The molecule has 0 spiro atoms. The Morgan fingerprint density at radius 2 is 2.03 bits per heavy atom. The van der Waals surface area contributed by atoms with Crippen LogP contribution in [0.4, 0.5) is 5.69 Å². The number of thiophene rings is 1. The second-order valence-corrected chi connectivity index (χ2v) is 8.49. The SMILES string of the molecule is O=C(CCCc1cccs1)Nc1cccc(C(=O)N2CCC(n3cncn3)CC2)c1. The number of carbonyl (C=O) groups is 2. The normalized spacial score (nSPS) is 14.6. The van der Waals surface area contributed by atoms with Crippen LogP contribution in [0.3, 0.4) is 0 Å². The summed E-state index contributed by atoms with van der Waals surface area (Å²) in [6, 6.07) is 11.6. The Balaban J connectivity index is 1.28. The van der Waals surface area contributed by atoms with Crippen LogP contribution in [-0.2, 0) is 11.2 Å². The number of nitrogens with zero attached hydrogens (tertiary/aromatic N) is 4. The average molecular weight is 424 g/mol. The number of hydrogen-bond donors (Lipinski definition) is 1. The zero-order valence-corrected chi connectivity index (χ0v) is 17.6. The van der Waals surface area contributed by atoms with E-state index < -0.39 is 0 Å². The Kier molecular flexibility index (Phi) is 6.53. The van der Waals surface area contributed by atoms with E-state index in [4.69, 9.17) is 0 Å². The molecule has 4 rings (SSSR count). The number of aromatic nitrogens is 3. The fourth-order valence-corrected chi connectivity index (χ4v) is 4.50. The molecule has 1 aliphatic heterocycles. The smallest absolute Gasteiger partial charge is 0.253 e. The fraction of sp³-hybridized carbons (Fsp3) is 0.364. The van der Waals surface area contributed by atoms with E-state index in [1.165, 1.54) is 4.88 Å². The molecule has 2 aromatic heterocycles. The Morgan fingerprint density at radius 3 is 2.77 bits per heavy atom. The third-order valence-electron chi connectivity index (χ3n) is 5.36. The van der Waals surface area contributed by atoms with Crippen LogP contribution < -0.4 is 5.32 Å². The van der Waals surface area contributed by atoms with Crippen molar-refractivity contribution in [2.75, 3.05) is 18.4 Å². The zero-order chi connectivity index (χ0) is 20.8. The first-order chi connectivity index (χ1) is 14.7. The number of piperidine rings is 1. The molecule has 30 heavy (non-hydrogen) atoms. The summed E-state index contributed by atoms with van der Waals surface area (Å²) < 4.78 is 1.87. The van der Waals surface area contributed by atoms with Crippen LogP contribution in [0.1, 0.15) is 47.0 Å². The van der Waals surface area contributed by atoms with Gasteiger partial charge in [0, 0.05) is 35.6 Å². The summed E-state index contributed by atoms with van der Waals surface area (Å²) in [5.74, 6) is -0.0226. The molecule has 1 fully saturated rings. The number of amides is 2. The average Bonchev–Trinajstić information content (AvgIpc) is 3.48. The quantitative estimate of drug-likeness (QED) is 0.627. The van der Waals surface area contributed by atoms with E-state index in [0.29, 0.717) is 30.8 Å². The maximum Gasteiger partial charge on any atom is 0.253 e. The molecule has 3 aromatic rings. The third-order valence-corrected chi connectivity index (χ3v) is 6.30. The summed E-state index contributed by atoms with van der Waals surface area (Å²) in [4.78, 5) is 32.3. The minimum absolute atomic E-state index is 0.000773. The van der Waals surface area contributed by atoms with Gasteiger partial charge in [0.15, 0.2) is 0 Å². The van der Waals surface area contributed by atoms with Gasteiger partial charge in [-0.2, -0.15) is 5.10 Å². The van der Waals surface area contributed by atoms with Crippen molar-refractivity contribution in [3.05, 3.63) is 64.9 Å². The molecule has 7 nitrogen and oxygen atoms in total. The van der Waals surface area contributed by atoms with Gasteiger partial charge in [-0.25, -0.2) is 9.67 Å². The van der Waals surface area contributed by atoms with Crippen LogP contribution in [0, 0.1) is 0 Å². The van der Waals surface area contributed by atoms with E-state index in [2.05, 4.69) is 26.8 Å². The molecule has 0 radical (unpaired) electrons. The van der Waals surface area contributed by atoms with Gasteiger partial charge in [-0.1, -0.05) is 12.1 Å². The Morgan fingerprint density at radius 1 is 1.17 bits per heavy atom. The van der Waals surface area contributed by atoms with Crippen LogP contribution in [0.5, 0.6) is 0 Å². The molecule has 1 N–H and O–H groups in total. The number of benzene rings is 1. The number of aryl methyl sites for hydroxylation is 1. The highest BCUT2D eigenvalue weighted by Gasteiger charge is 2.25. The first-order valence-corrected chi connectivity index (χ1v) is 11.1. The molecule has 1 aromatic carbocycles. The van der Waals surface area contributed by atoms with E-state index in [1.54, 1.807) is 36.1 Å². The summed E-state index contributed by atoms with van der Waals surface area (Å²) in [6.45, 7) is 1.37. The zero-order valence-electron chi connectivity index (χ0n) is 16.7. The van der Waals surface area contributed by atoms with Crippen molar-refractivity contribution >= 4 is 28.8 Å². The molecule has 0 unspecified atom stereocenters. The van der Waals surface area contributed by atoms with E-state index in [-0.39, 0.29) is 17.9 Å². The lowest BCUT2D eigenvalue weighted by Crippen LogP contribution is -2.39. The third kappa shape index (κ3) is 5.13. The van der Waals surface area contributed by atoms with Gasteiger partial charge < -0.3 is 10.2 Å². The summed E-state index contributed by atoms with van der Waals surface area (Å²) in [7, 11) is 0. The maximum absolute atomic E-state index is 12.9. The highest BCUT2D eigenvalue weighted by molar-refractivity contribution is 7.09. The number of hydrogen-bond acceptors (Lipinski definition) is 5. The molecule has 0 bridgehead atoms. The van der Waals surface area contributed by atoms with Gasteiger partial charge in [-0.05, 0) is 55.3 Å². The topological polar surface area (TPSA) is 80.1 Å². The van der Waals surface area contributed by atoms with E-state index in [0.717, 1.165) is 25.7 Å². The van der Waals surface area contributed by atoms with Crippen LogP contribution in [0.2, 0.25) is 0 Å². The predicted molar refractivity (Wildman–Crippen MR) is 117 cm³/mol. The highest BCUT2D eigenvalue weighted by Crippen LogP contribution is 2.23. The van der Waals surface area contributed by atoms with Crippen LogP contribution in [-0.4, -0.2) is 44.6 Å². The molecule has 8 heteroatoms. The Labute approximate surface area is 179 Å². The van der Waals surface area contributed by atoms with E-state index in [9.17, 15) is 9.59 Å². The predicted octanol–water partition coefficient (Wildman–Crippen LogP) is 3.78. The monoisotopic (exact) mass is 423 g/mol.